The Morgan fingerprint density at radius 3 is 2.70 bits per heavy atom. The maximum atomic E-state index is 12.6. The summed E-state index contributed by atoms with van der Waals surface area (Å²) in [5.74, 6) is 1.08. The molecule has 5 heteroatoms. The lowest BCUT2D eigenvalue weighted by atomic mass is 9.84. The highest BCUT2D eigenvalue weighted by atomic mass is 32.2. The van der Waals surface area contributed by atoms with Crippen molar-refractivity contribution in [1.29, 1.82) is 0 Å². The first kappa shape index (κ1) is 17.9. The van der Waals surface area contributed by atoms with Gasteiger partial charge in [-0.05, 0) is 30.5 Å². The van der Waals surface area contributed by atoms with Gasteiger partial charge in [0.15, 0.2) is 5.78 Å². The fourth-order valence-corrected chi connectivity index (χ4v) is 4.54. The number of aromatic nitrogens is 1. The maximum absolute atomic E-state index is 12.6. The van der Waals surface area contributed by atoms with Crippen molar-refractivity contribution >= 4 is 34.4 Å². The minimum atomic E-state index is 0.0287. The fourth-order valence-electron chi connectivity index (χ4n) is 3.75. The van der Waals surface area contributed by atoms with Crippen LogP contribution in [0.15, 0.2) is 59.5 Å². The second-order valence-corrected chi connectivity index (χ2v) is 8.11. The molecule has 3 aromatic rings. The molecule has 0 fully saturated rings. The van der Waals surface area contributed by atoms with Gasteiger partial charge < -0.3 is 10.3 Å². The van der Waals surface area contributed by atoms with Gasteiger partial charge in [-0.25, -0.2) is 0 Å². The molecule has 138 valence electrons. The van der Waals surface area contributed by atoms with Crippen LogP contribution in [0, 0.1) is 5.92 Å². The zero-order chi connectivity index (χ0) is 18.6. The summed E-state index contributed by atoms with van der Waals surface area (Å²) in [6.07, 6.45) is 1.60. The number of hydrogen-bond donors (Lipinski definition) is 2. The predicted molar refractivity (Wildman–Crippen MR) is 109 cm³/mol. The van der Waals surface area contributed by atoms with E-state index in [0.29, 0.717) is 19.4 Å². The van der Waals surface area contributed by atoms with E-state index in [4.69, 9.17) is 0 Å². The van der Waals surface area contributed by atoms with Gasteiger partial charge in [-0.2, -0.15) is 0 Å². The van der Waals surface area contributed by atoms with Gasteiger partial charge in [0, 0.05) is 52.2 Å². The Hall–Kier alpha value is -2.53. The molecule has 0 saturated carbocycles. The summed E-state index contributed by atoms with van der Waals surface area (Å²) in [5, 5.41) is 3.98. The van der Waals surface area contributed by atoms with Crippen LogP contribution in [0.1, 0.15) is 28.9 Å². The van der Waals surface area contributed by atoms with E-state index in [-0.39, 0.29) is 17.6 Å². The van der Waals surface area contributed by atoms with Crippen LogP contribution in [0.5, 0.6) is 0 Å². The Bertz CT molecular complexity index is 965. The largest absolute Gasteiger partial charge is 0.358 e. The molecule has 4 nitrogen and oxygen atoms in total. The molecule has 1 aromatic heterocycles. The van der Waals surface area contributed by atoms with Crippen LogP contribution in [0.25, 0.3) is 10.9 Å². The molecule has 2 N–H and O–H groups in total. The minimum absolute atomic E-state index is 0.0287. The summed E-state index contributed by atoms with van der Waals surface area (Å²) in [6, 6.07) is 18.1. The first-order chi connectivity index (χ1) is 13.2. The van der Waals surface area contributed by atoms with Crippen LogP contribution >= 0.6 is 11.8 Å². The lowest BCUT2D eigenvalue weighted by molar-refractivity contribution is -0.121. The van der Waals surface area contributed by atoms with E-state index in [1.165, 1.54) is 4.90 Å². The first-order valence-corrected chi connectivity index (χ1v) is 10.3. The topological polar surface area (TPSA) is 62.0 Å². The molecule has 27 heavy (non-hydrogen) atoms. The molecule has 4 rings (SSSR count). The van der Waals surface area contributed by atoms with Crippen molar-refractivity contribution in [3.05, 3.63) is 65.9 Å². The average Bonchev–Trinajstić information content (AvgIpc) is 3.05. The molecule has 0 bridgehead atoms. The van der Waals surface area contributed by atoms with Crippen molar-refractivity contribution < 1.29 is 9.59 Å². The van der Waals surface area contributed by atoms with E-state index in [1.807, 2.05) is 42.5 Å². The van der Waals surface area contributed by atoms with Gasteiger partial charge in [-0.1, -0.05) is 36.4 Å². The molecule has 1 unspecified atom stereocenters. The summed E-state index contributed by atoms with van der Waals surface area (Å²) in [6.45, 7) is 0.636. The highest BCUT2D eigenvalue weighted by Gasteiger charge is 2.29. The summed E-state index contributed by atoms with van der Waals surface area (Å²) in [7, 11) is 0. The van der Waals surface area contributed by atoms with Crippen molar-refractivity contribution in [2.75, 3.05) is 12.3 Å². The number of hydrogen-bond acceptors (Lipinski definition) is 3. The summed E-state index contributed by atoms with van der Waals surface area (Å²) < 4.78 is 0. The van der Waals surface area contributed by atoms with E-state index in [9.17, 15) is 9.59 Å². The van der Waals surface area contributed by atoms with E-state index in [2.05, 4.69) is 22.4 Å². The number of amides is 1. The molecule has 0 aliphatic heterocycles. The van der Waals surface area contributed by atoms with Crippen LogP contribution < -0.4 is 5.32 Å². The number of aromatic amines is 1. The lowest BCUT2D eigenvalue weighted by Crippen LogP contribution is -2.30. The number of Topliss-reactive ketones (excluding diaryl/α,β-unsaturated/α-hetero) is 1. The zero-order valence-electron chi connectivity index (χ0n) is 15.0. The average molecular weight is 378 g/mol. The van der Waals surface area contributed by atoms with Gasteiger partial charge in [0.25, 0.3) is 0 Å². The Labute approximate surface area is 162 Å². The standard InChI is InChI=1S/C22H22N2O2S/c25-20-13-15(12-19-22(20)17-8-4-5-9-18(17)24-19)14-21(26)23-10-11-27-16-6-2-1-3-7-16/h1-9,15,24H,10-14H2,(H,23,26). The van der Waals surface area contributed by atoms with Crippen LogP contribution in [-0.2, 0) is 11.2 Å². The van der Waals surface area contributed by atoms with Crippen LogP contribution in [0.2, 0.25) is 0 Å². The van der Waals surface area contributed by atoms with Gasteiger partial charge in [0.1, 0.15) is 0 Å². The van der Waals surface area contributed by atoms with E-state index in [0.717, 1.165) is 34.3 Å². The molecule has 1 amide bonds. The van der Waals surface area contributed by atoms with Crippen molar-refractivity contribution in [2.45, 2.75) is 24.2 Å². The van der Waals surface area contributed by atoms with Crippen molar-refractivity contribution in [1.82, 2.24) is 10.3 Å². The minimum Gasteiger partial charge on any atom is -0.358 e. The van der Waals surface area contributed by atoms with Crippen molar-refractivity contribution in [3.8, 4) is 0 Å². The van der Waals surface area contributed by atoms with Gasteiger partial charge in [-0.15, -0.1) is 11.8 Å². The number of para-hydroxylation sites is 1. The quantitative estimate of drug-likeness (QED) is 0.499. The zero-order valence-corrected chi connectivity index (χ0v) is 15.9. The summed E-state index contributed by atoms with van der Waals surface area (Å²) >= 11 is 1.73. The van der Waals surface area contributed by atoms with Gasteiger partial charge in [0.2, 0.25) is 5.91 Å². The van der Waals surface area contributed by atoms with E-state index < -0.39 is 0 Å². The SMILES string of the molecule is O=C(CC1CC(=O)c2c([nH]c3ccccc23)C1)NCCSc1ccccc1. The summed E-state index contributed by atoms with van der Waals surface area (Å²) in [5.41, 5.74) is 2.80. The molecule has 1 aliphatic carbocycles. The molecule has 0 saturated heterocycles. The number of carbonyl (C=O) groups is 2. The summed E-state index contributed by atoms with van der Waals surface area (Å²) in [4.78, 5) is 29.5. The van der Waals surface area contributed by atoms with Gasteiger partial charge >= 0.3 is 0 Å². The molecule has 1 heterocycles. The Balaban J connectivity index is 1.30. The van der Waals surface area contributed by atoms with E-state index >= 15 is 0 Å². The van der Waals surface area contributed by atoms with Crippen molar-refractivity contribution in [2.24, 2.45) is 5.92 Å². The highest BCUT2D eigenvalue weighted by molar-refractivity contribution is 7.99. The predicted octanol–water partition coefficient (Wildman–Crippen LogP) is 4.21. The number of thioether (sulfide) groups is 1. The molecule has 2 aromatic carbocycles. The third-order valence-electron chi connectivity index (χ3n) is 4.94. The molecule has 1 atom stereocenters. The van der Waals surface area contributed by atoms with Gasteiger partial charge in [0.05, 0.1) is 0 Å². The number of benzene rings is 2. The monoisotopic (exact) mass is 378 g/mol. The fraction of sp³-hybridized carbons (Fsp3) is 0.273. The molecule has 0 spiro atoms. The molecular formula is C22H22N2O2S. The second kappa shape index (κ2) is 8.01. The van der Waals surface area contributed by atoms with E-state index in [1.54, 1.807) is 11.8 Å². The molecular weight excluding hydrogens is 356 g/mol. The van der Waals surface area contributed by atoms with Crippen molar-refractivity contribution in [3.63, 3.8) is 0 Å². The van der Waals surface area contributed by atoms with Crippen LogP contribution in [0.4, 0.5) is 0 Å². The Morgan fingerprint density at radius 2 is 1.85 bits per heavy atom. The normalized spacial score (nSPS) is 16.3. The molecule has 1 aliphatic rings. The maximum Gasteiger partial charge on any atom is 0.220 e. The number of H-pyrrole nitrogens is 1. The highest BCUT2D eigenvalue weighted by Crippen LogP contribution is 2.32. The van der Waals surface area contributed by atoms with Crippen LogP contribution in [-0.4, -0.2) is 29.0 Å². The number of ketones is 1. The number of rotatable bonds is 6. The lowest BCUT2D eigenvalue weighted by Gasteiger charge is -2.21. The number of nitrogens with one attached hydrogen (secondary N) is 2. The smallest absolute Gasteiger partial charge is 0.220 e. The Kier molecular flexibility index (Phi) is 5.30. The molecule has 0 radical (unpaired) electrons. The third-order valence-corrected chi connectivity index (χ3v) is 5.95. The number of fused-ring (bicyclic) bond motifs is 3. The first-order valence-electron chi connectivity index (χ1n) is 9.28. The van der Waals surface area contributed by atoms with Gasteiger partial charge in [-0.3, -0.25) is 9.59 Å². The second-order valence-electron chi connectivity index (χ2n) is 6.94. The Morgan fingerprint density at radius 1 is 1.07 bits per heavy atom. The third kappa shape index (κ3) is 4.08. The van der Waals surface area contributed by atoms with Crippen LogP contribution in [0.3, 0.4) is 0 Å². The number of carbonyl (C=O) groups excluding carboxylic acids is 2.